The third kappa shape index (κ3) is 3.09. The van der Waals surface area contributed by atoms with Crippen LogP contribution in [0, 0.1) is 0 Å². The van der Waals surface area contributed by atoms with Crippen LogP contribution in [-0.4, -0.2) is 25.6 Å². The van der Waals surface area contributed by atoms with Gasteiger partial charge in [0.05, 0.1) is 12.7 Å². The third-order valence-corrected chi connectivity index (χ3v) is 4.22. The van der Waals surface area contributed by atoms with Crippen LogP contribution in [-0.2, 0) is 9.53 Å². The van der Waals surface area contributed by atoms with Crippen LogP contribution in [0.25, 0.3) is 6.08 Å². The minimum absolute atomic E-state index is 0.214. The SMILES string of the molecule is COc1ccccc1C1=N/C(=C/C2=Cc3cc(Cl)ccc3OC2)C(=O)O1. The number of hydrogen-bond acceptors (Lipinski definition) is 5. The fourth-order valence-electron chi connectivity index (χ4n) is 2.77. The molecule has 0 radical (unpaired) electrons. The molecule has 0 bridgehead atoms. The second-order valence-electron chi connectivity index (χ2n) is 5.73. The molecule has 0 fully saturated rings. The van der Waals surface area contributed by atoms with Gasteiger partial charge in [0.2, 0.25) is 5.90 Å². The van der Waals surface area contributed by atoms with E-state index in [4.69, 9.17) is 25.8 Å². The zero-order valence-electron chi connectivity index (χ0n) is 13.9. The highest BCUT2D eigenvalue weighted by atomic mass is 35.5. The Morgan fingerprint density at radius 1 is 1.23 bits per heavy atom. The lowest BCUT2D eigenvalue weighted by Gasteiger charge is -2.16. The van der Waals surface area contributed by atoms with Crippen LogP contribution >= 0.6 is 11.6 Å². The lowest BCUT2D eigenvalue weighted by molar-refractivity contribution is -0.130. The molecule has 0 spiro atoms. The Balaban J connectivity index is 1.68. The molecule has 2 aliphatic rings. The molecule has 0 saturated heterocycles. The highest BCUT2D eigenvalue weighted by molar-refractivity contribution is 6.30. The summed E-state index contributed by atoms with van der Waals surface area (Å²) >= 11 is 6.03. The minimum atomic E-state index is -0.510. The predicted octanol–water partition coefficient (Wildman–Crippen LogP) is 4.01. The summed E-state index contributed by atoms with van der Waals surface area (Å²) in [5.74, 6) is 1.05. The molecule has 0 N–H and O–H groups in total. The number of carbonyl (C=O) groups is 1. The van der Waals surface area contributed by atoms with Gasteiger partial charge in [-0.1, -0.05) is 23.7 Å². The first kappa shape index (κ1) is 16.4. The second-order valence-corrected chi connectivity index (χ2v) is 6.16. The minimum Gasteiger partial charge on any atom is -0.496 e. The summed E-state index contributed by atoms with van der Waals surface area (Å²) in [7, 11) is 1.56. The molecule has 0 atom stereocenters. The summed E-state index contributed by atoms with van der Waals surface area (Å²) in [5, 5.41) is 0.620. The molecule has 0 amide bonds. The van der Waals surface area contributed by atoms with E-state index in [-0.39, 0.29) is 11.6 Å². The number of esters is 1. The van der Waals surface area contributed by atoms with E-state index in [1.165, 1.54) is 0 Å². The first-order valence-electron chi connectivity index (χ1n) is 7.93. The molecule has 2 heterocycles. The lowest BCUT2D eigenvalue weighted by Crippen LogP contribution is -2.08. The fourth-order valence-corrected chi connectivity index (χ4v) is 2.95. The van der Waals surface area contributed by atoms with E-state index < -0.39 is 5.97 Å². The molecule has 4 rings (SSSR count). The van der Waals surface area contributed by atoms with Crippen molar-refractivity contribution < 1.29 is 19.0 Å². The number of halogens is 1. The molecule has 5 nitrogen and oxygen atoms in total. The van der Waals surface area contributed by atoms with Crippen LogP contribution in [0.5, 0.6) is 11.5 Å². The number of benzene rings is 2. The van der Waals surface area contributed by atoms with Crippen molar-refractivity contribution in [2.45, 2.75) is 0 Å². The maximum absolute atomic E-state index is 12.2. The standard InChI is InChI=1S/C20H14ClNO4/c1-24-18-5-3-2-4-15(18)19-22-16(20(23)26-19)9-12-8-13-10-14(21)6-7-17(13)25-11-12/h2-10H,11H2,1H3/b16-9+. The molecule has 2 aromatic rings. The number of para-hydroxylation sites is 1. The smallest absolute Gasteiger partial charge is 0.363 e. The molecule has 0 saturated carbocycles. The van der Waals surface area contributed by atoms with E-state index in [1.54, 1.807) is 31.4 Å². The molecule has 2 aliphatic heterocycles. The predicted molar refractivity (Wildman–Crippen MR) is 98.6 cm³/mol. The summed E-state index contributed by atoms with van der Waals surface area (Å²) in [4.78, 5) is 16.5. The van der Waals surface area contributed by atoms with Gasteiger partial charge in [-0.3, -0.25) is 0 Å². The third-order valence-electron chi connectivity index (χ3n) is 3.99. The van der Waals surface area contributed by atoms with Gasteiger partial charge >= 0.3 is 5.97 Å². The van der Waals surface area contributed by atoms with E-state index in [2.05, 4.69) is 4.99 Å². The molecule has 0 unspecified atom stereocenters. The van der Waals surface area contributed by atoms with Crippen molar-refractivity contribution in [1.82, 2.24) is 0 Å². The average molecular weight is 368 g/mol. The number of rotatable bonds is 3. The Morgan fingerprint density at radius 3 is 2.92 bits per heavy atom. The highest BCUT2D eigenvalue weighted by Gasteiger charge is 2.26. The van der Waals surface area contributed by atoms with Gasteiger partial charge in [-0.2, -0.15) is 0 Å². The van der Waals surface area contributed by atoms with Gasteiger partial charge in [0.1, 0.15) is 18.1 Å². The van der Waals surface area contributed by atoms with Gasteiger partial charge in [-0.25, -0.2) is 9.79 Å². The van der Waals surface area contributed by atoms with Gasteiger partial charge in [-0.15, -0.1) is 0 Å². The Morgan fingerprint density at radius 2 is 2.08 bits per heavy atom. The van der Waals surface area contributed by atoms with E-state index in [0.717, 1.165) is 16.9 Å². The summed E-state index contributed by atoms with van der Waals surface area (Å²) in [5.41, 5.74) is 2.50. The first-order valence-corrected chi connectivity index (χ1v) is 8.31. The Hall–Kier alpha value is -3.05. The van der Waals surface area contributed by atoms with Crippen molar-refractivity contribution in [1.29, 1.82) is 0 Å². The maximum Gasteiger partial charge on any atom is 0.363 e. The Bertz CT molecular complexity index is 991. The van der Waals surface area contributed by atoms with Crippen molar-refractivity contribution in [3.63, 3.8) is 0 Å². The highest BCUT2D eigenvalue weighted by Crippen LogP contribution is 2.30. The van der Waals surface area contributed by atoms with E-state index in [0.29, 0.717) is 22.9 Å². The zero-order chi connectivity index (χ0) is 18.1. The second kappa shape index (κ2) is 6.69. The number of nitrogens with zero attached hydrogens (tertiary/aromatic N) is 1. The van der Waals surface area contributed by atoms with Crippen molar-refractivity contribution in [2.24, 2.45) is 4.99 Å². The van der Waals surface area contributed by atoms with Gasteiger partial charge < -0.3 is 14.2 Å². The number of ether oxygens (including phenoxy) is 3. The van der Waals surface area contributed by atoms with Crippen molar-refractivity contribution in [3.8, 4) is 11.5 Å². The van der Waals surface area contributed by atoms with E-state index in [1.807, 2.05) is 30.3 Å². The van der Waals surface area contributed by atoms with Crippen LogP contribution in [0.4, 0.5) is 0 Å². The van der Waals surface area contributed by atoms with Crippen molar-refractivity contribution in [2.75, 3.05) is 13.7 Å². The number of fused-ring (bicyclic) bond motifs is 1. The fraction of sp³-hybridized carbons (Fsp3) is 0.100. The monoisotopic (exact) mass is 367 g/mol. The van der Waals surface area contributed by atoms with Crippen LogP contribution in [0.2, 0.25) is 5.02 Å². The topological polar surface area (TPSA) is 57.1 Å². The van der Waals surface area contributed by atoms with Gasteiger partial charge in [0.25, 0.3) is 0 Å². The number of carbonyl (C=O) groups excluding carboxylic acids is 1. The number of methoxy groups -OCH3 is 1. The summed E-state index contributed by atoms with van der Waals surface area (Å²) in [6.07, 6.45) is 3.58. The average Bonchev–Trinajstić information content (AvgIpc) is 3.01. The Kier molecular flexibility index (Phi) is 4.22. The summed E-state index contributed by atoms with van der Waals surface area (Å²) in [6.45, 7) is 0.338. The quantitative estimate of drug-likeness (QED) is 0.607. The van der Waals surface area contributed by atoms with E-state index >= 15 is 0 Å². The molecule has 6 heteroatoms. The van der Waals surface area contributed by atoms with Crippen LogP contribution in [0.3, 0.4) is 0 Å². The number of cyclic esters (lactones) is 1. The van der Waals surface area contributed by atoms with Gasteiger partial charge in [0.15, 0.2) is 5.70 Å². The van der Waals surface area contributed by atoms with Crippen molar-refractivity contribution >= 4 is 29.5 Å². The van der Waals surface area contributed by atoms with Crippen LogP contribution in [0.15, 0.2) is 64.8 Å². The first-order chi connectivity index (χ1) is 12.6. The molecular formula is C20H14ClNO4. The summed E-state index contributed by atoms with van der Waals surface area (Å²) < 4.78 is 16.3. The molecular weight excluding hydrogens is 354 g/mol. The maximum atomic E-state index is 12.2. The largest absolute Gasteiger partial charge is 0.496 e. The van der Waals surface area contributed by atoms with E-state index in [9.17, 15) is 4.79 Å². The zero-order valence-corrected chi connectivity index (χ0v) is 14.6. The summed E-state index contributed by atoms with van der Waals surface area (Å²) in [6, 6.07) is 12.6. The van der Waals surface area contributed by atoms with Crippen molar-refractivity contribution in [3.05, 3.63) is 76.0 Å². The number of hydrogen-bond donors (Lipinski definition) is 0. The molecule has 2 aromatic carbocycles. The molecule has 130 valence electrons. The van der Waals surface area contributed by atoms with Crippen LogP contribution in [0.1, 0.15) is 11.1 Å². The normalized spacial score (nSPS) is 17.2. The van der Waals surface area contributed by atoms with Crippen LogP contribution < -0.4 is 9.47 Å². The molecule has 0 aliphatic carbocycles. The van der Waals surface area contributed by atoms with Gasteiger partial charge in [0, 0.05) is 10.6 Å². The molecule has 26 heavy (non-hydrogen) atoms. The lowest BCUT2D eigenvalue weighted by atomic mass is 10.1. The molecule has 0 aromatic heterocycles. The number of aliphatic imine (C=N–C) groups is 1. The Labute approximate surface area is 155 Å². The van der Waals surface area contributed by atoms with Gasteiger partial charge in [-0.05, 0) is 48.1 Å².